The molecular formula is C13H22N2O4. The van der Waals surface area contributed by atoms with Crippen LogP contribution >= 0.6 is 0 Å². The topological polar surface area (TPSA) is 70.1 Å². The molecule has 19 heavy (non-hydrogen) atoms. The third kappa shape index (κ3) is 3.70. The molecule has 108 valence electrons. The van der Waals surface area contributed by atoms with E-state index in [1.54, 1.807) is 29.9 Å². The highest BCUT2D eigenvalue weighted by molar-refractivity contribution is 5.79. The van der Waals surface area contributed by atoms with Crippen LogP contribution in [0.2, 0.25) is 0 Å². The van der Waals surface area contributed by atoms with Gasteiger partial charge in [-0.15, -0.1) is 6.58 Å². The molecule has 0 saturated carbocycles. The second kappa shape index (κ2) is 6.56. The summed E-state index contributed by atoms with van der Waals surface area (Å²) < 4.78 is 4.97. The van der Waals surface area contributed by atoms with E-state index in [9.17, 15) is 9.59 Å². The van der Waals surface area contributed by atoms with Crippen molar-refractivity contribution in [3.05, 3.63) is 12.7 Å². The van der Waals surface area contributed by atoms with Crippen molar-refractivity contribution in [1.29, 1.82) is 0 Å². The molecule has 1 aliphatic heterocycles. The molecule has 1 fully saturated rings. The van der Waals surface area contributed by atoms with Gasteiger partial charge in [0.1, 0.15) is 0 Å². The van der Waals surface area contributed by atoms with Crippen molar-refractivity contribution >= 4 is 12.0 Å². The molecule has 6 heteroatoms. The number of nitrogens with zero attached hydrogens (tertiary/aromatic N) is 2. The molecule has 1 N–H and O–H groups in total. The Morgan fingerprint density at radius 2 is 2.26 bits per heavy atom. The van der Waals surface area contributed by atoms with Crippen LogP contribution in [0.4, 0.5) is 4.79 Å². The molecule has 1 aliphatic rings. The quantitative estimate of drug-likeness (QED) is 0.732. The molecular weight excluding hydrogens is 248 g/mol. The fourth-order valence-electron chi connectivity index (χ4n) is 2.12. The van der Waals surface area contributed by atoms with Gasteiger partial charge in [0.15, 0.2) is 0 Å². The van der Waals surface area contributed by atoms with Crippen LogP contribution in [0, 0.1) is 5.41 Å². The number of methoxy groups -OCH3 is 1. The number of amides is 2. The third-order valence-corrected chi connectivity index (χ3v) is 3.45. The summed E-state index contributed by atoms with van der Waals surface area (Å²) in [5.41, 5.74) is -0.837. The summed E-state index contributed by atoms with van der Waals surface area (Å²) in [6.45, 7) is 7.38. The summed E-state index contributed by atoms with van der Waals surface area (Å²) in [6, 6.07) is -0.151. The van der Waals surface area contributed by atoms with Crippen LogP contribution in [0.25, 0.3) is 0 Å². The number of urea groups is 1. The van der Waals surface area contributed by atoms with Crippen LogP contribution in [0.5, 0.6) is 0 Å². The number of carboxylic acid groups (broad SMARTS) is 1. The fourth-order valence-corrected chi connectivity index (χ4v) is 2.12. The smallest absolute Gasteiger partial charge is 0.320 e. The average molecular weight is 270 g/mol. The van der Waals surface area contributed by atoms with Gasteiger partial charge in [-0.1, -0.05) is 6.08 Å². The Morgan fingerprint density at radius 1 is 1.58 bits per heavy atom. The molecule has 0 aromatic carbocycles. The second-order valence-corrected chi connectivity index (χ2v) is 5.05. The number of carboxylic acids is 1. The van der Waals surface area contributed by atoms with Crippen LogP contribution in [-0.2, 0) is 9.53 Å². The predicted molar refractivity (Wildman–Crippen MR) is 71.0 cm³/mol. The van der Waals surface area contributed by atoms with E-state index < -0.39 is 11.4 Å². The van der Waals surface area contributed by atoms with Crippen molar-refractivity contribution in [1.82, 2.24) is 9.80 Å². The Labute approximate surface area is 113 Å². The molecule has 1 rings (SSSR count). The molecule has 0 aromatic heterocycles. The van der Waals surface area contributed by atoms with E-state index in [-0.39, 0.29) is 12.6 Å². The van der Waals surface area contributed by atoms with Crippen molar-refractivity contribution in [2.75, 3.05) is 39.9 Å². The molecule has 0 radical (unpaired) electrons. The largest absolute Gasteiger partial charge is 0.481 e. The van der Waals surface area contributed by atoms with Gasteiger partial charge >= 0.3 is 12.0 Å². The van der Waals surface area contributed by atoms with E-state index in [1.807, 2.05) is 0 Å². The first-order valence-electron chi connectivity index (χ1n) is 6.31. The number of rotatable bonds is 6. The summed E-state index contributed by atoms with van der Waals surface area (Å²) in [5, 5.41) is 9.17. The highest BCUT2D eigenvalue weighted by Gasteiger charge is 2.42. The van der Waals surface area contributed by atoms with Crippen molar-refractivity contribution < 1.29 is 19.4 Å². The van der Waals surface area contributed by atoms with Crippen LogP contribution in [0.1, 0.15) is 13.3 Å². The summed E-state index contributed by atoms with van der Waals surface area (Å²) in [7, 11) is 1.58. The minimum Gasteiger partial charge on any atom is -0.481 e. The summed E-state index contributed by atoms with van der Waals surface area (Å²) in [4.78, 5) is 26.7. The molecule has 0 aromatic rings. The van der Waals surface area contributed by atoms with Gasteiger partial charge in [-0.05, 0) is 13.3 Å². The Kier molecular flexibility index (Phi) is 5.35. The lowest BCUT2D eigenvalue weighted by molar-refractivity contribution is -0.147. The van der Waals surface area contributed by atoms with Crippen molar-refractivity contribution in [3.63, 3.8) is 0 Å². The van der Waals surface area contributed by atoms with Gasteiger partial charge in [-0.25, -0.2) is 4.79 Å². The first-order chi connectivity index (χ1) is 8.94. The summed E-state index contributed by atoms with van der Waals surface area (Å²) in [6.07, 6.45) is 2.14. The molecule has 2 amide bonds. The van der Waals surface area contributed by atoms with Gasteiger partial charge in [0, 0.05) is 33.3 Å². The zero-order valence-corrected chi connectivity index (χ0v) is 11.6. The van der Waals surface area contributed by atoms with E-state index >= 15 is 0 Å². The normalized spacial score (nSPS) is 22.3. The predicted octanol–water partition coefficient (Wildman–Crippen LogP) is 1.04. The Balaban J connectivity index is 2.65. The maximum atomic E-state index is 12.3. The number of hydrogen-bond donors (Lipinski definition) is 1. The zero-order chi connectivity index (χ0) is 14.5. The van der Waals surface area contributed by atoms with Crippen LogP contribution in [0.15, 0.2) is 12.7 Å². The fraction of sp³-hybridized carbons (Fsp3) is 0.692. The molecule has 1 unspecified atom stereocenters. The van der Waals surface area contributed by atoms with E-state index in [0.29, 0.717) is 32.7 Å². The summed E-state index contributed by atoms with van der Waals surface area (Å²) >= 11 is 0. The maximum absolute atomic E-state index is 12.3. The van der Waals surface area contributed by atoms with Crippen LogP contribution in [-0.4, -0.2) is 66.8 Å². The molecule has 1 saturated heterocycles. The Hall–Kier alpha value is -1.56. The number of likely N-dealkylation sites (tertiary alicyclic amines) is 1. The highest BCUT2D eigenvalue weighted by atomic mass is 16.5. The van der Waals surface area contributed by atoms with Gasteiger partial charge < -0.3 is 19.6 Å². The lowest BCUT2D eigenvalue weighted by Crippen LogP contribution is -2.45. The Morgan fingerprint density at radius 3 is 2.74 bits per heavy atom. The SMILES string of the molecule is C=CCN(CCOC)C(=O)N1CCC(C)(C(=O)O)C1. The van der Waals surface area contributed by atoms with E-state index in [2.05, 4.69) is 6.58 Å². The molecule has 0 bridgehead atoms. The molecule has 1 atom stereocenters. The van der Waals surface area contributed by atoms with Gasteiger partial charge in [-0.3, -0.25) is 4.79 Å². The molecule has 0 spiro atoms. The standard InChI is InChI=1S/C13H22N2O4/c1-4-6-14(8-9-19-3)12(18)15-7-5-13(2,10-15)11(16)17/h4H,1,5-10H2,2-3H3,(H,16,17). The minimum absolute atomic E-state index is 0.151. The second-order valence-electron chi connectivity index (χ2n) is 5.05. The zero-order valence-electron chi connectivity index (χ0n) is 11.6. The first-order valence-corrected chi connectivity index (χ1v) is 6.31. The van der Waals surface area contributed by atoms with Crippen LogP contribution in [0.3, 0.4) is 0 Å². The molecule has 0 aliphatic carbocycles. The lowest BCUT2D eigenvalue weighted by Gasteiger charge is -2.28. The number of carbonyl (C=O) groups excluding carboxylic acids is 1. The number of carbonyl (C=O) groups is 2. The maximum Gasteiger partial charge on any atom is 0.320 e. The van der Waals surface area contributed by atoms with Crippen molar-refractivity contribution in [3.8, 4) is 0 Å². The van der Waals surface area contributed by atoms with Crippen LogP contribution < -0.4 is 0 Å². The average Bonchev–Trinajstić information content (AvgIpc) is 2.78. The van der Waals surface area contributed by atoms with E-state index in [1.165, 1.54) is 0 Å². The summed E-state index contributed by atoms with van der Waals surface area (Å²) in [5.74, 6) is -0.852. The number of hydrogen-bond acceptors (Lipinski definition) is 3. The first kappa shape index (κ1) is 15.5. The monoisotopic (exact) mass is 270 g/mol. The van der Waals surface area contributed by atoms with E-state index in [4.69, 9.17) is 9.84 Å². The third-order valence-electron chi connectivity index (χ3n) is 3.45. The lowest BCUT2D eigenvalue weighted by atomic mass is 9.90. The Bertz CT molecular complexity index is 359. The van der Waals surface area contributed by atoms with Gasteiger partial charge in [-0.2, -0.15) is 0 Å². The number of aliphatic carboxylic acids is 1. The molecule has 1 heterocycles. The van der Waals surface area contributed by atoms with Crippen molar-refractivity contribution in [2.24, 2.45) is 5.41 Å². The van der Waals surface area contributed by atoms with Gasteiger partial charge in [0.25, 0.3) is 0 Å². The molecule has 6 nitrogen and oxygen atoms in total. The highest BCUT2D eigenvalue weighted by Crippen LogP contribution is 2.30. The number of ether oxygens (including phenoxy) is 1. The van der Waals surface area contributed by atoms with Gasteiger partial charge in [0.05, 0.1) is 12.0 Å². The van der Waals surface area contributed by atoms with E-state index in [0.717, 1.165) is 0 Å². The minimum atomic E-state index is -0.852. The van der Waals surface area contributed by atoms with Gasteiger partial charge in [0.2, 0.25) is 0 Å². The van der Waals surface area contributed by atoms with Crippen molar-refractivity contribution in [2.45, 2.75) is 13.3 Å².